The van der Waals surface area contributed by atoms with Crippen LogP contribution < -0.4 is 5.32 Å². The minimum atomic E-state index is -3.79. The van der Waals surface area contributed by atoms with Crippen molar-refractivity contribution >= 4 is 44.0 Å². The number of carbonyl (C=O) groups is 1. The summed E-state index contributed by atoms with van der Waals surface area (Å²) in [6, 6.07) is 12.0. The highest BCUT2D eigenvalue weighted by atomic mass is 32.2. The molecule has 4 aromatic rings. The van der Waals surface area contributed by atoms with Crippen LogP contribution in [0.25, 0.3) is 22.4 Å². The first-order chi connectivity index (χ1) is 19.9. The SMILES string of the molecule is CCCCCCCN1CCN(S(=O)(=O)c2cccs2)C(C(=O)Nc2ccc3c(c2)nc(-c2ccncc2)n3CC)C1. The molecular weight excluding hydrogens is 557 g/mol. The van der Waals surface area contributed by atoms with Crippen molar-refractivity contribution in [3.05, 3.63) is 60.2 Å². The van der Waals surface area contributed by atoms with Gasteiger partial charge >= 0.3 is 0 Å². The largest absolute Gasteiger partial charge is 0.325 e. The molecule has 1 saturated heterocycles. The Morgan fingerprint density at radius 2 is 1.85 bits per heavy atom. The van der Waals surface area contributed by atoms with Crippen molar-refractivity contribution in [1.29, 1.82) is 0 Å². The van der Waals surface area contributed by atoms with Crippen molar-refractivity contribution in [2.24, 2.45) is 0 Å². The summed E-state index contributed by atoms with van der Waals surface area (Å²) in [5.41, 5.74) is 3.28. The molecular formula is C30H38N6O3S2. The number of sulfonamides is 1. The fraction of sp³-hybridized carbons (Fsp3) is 0.433. The molecule has 0 spiro atoms. The van der Waals surface area contributed by atoms with Crippen molar-refractivity contribution in [3.63, 3.8) is 0 Å². The van der Waals surface area contributed by atoms with E-state index in [9.17, 15) is 13.2 Å². The highest BCUT2D eigenvalue weighted by Gasteiger charge is 2.40. The molecule has 1 aliphatic heterocycles. The summed E-state index contributed by atoms with van der Waals surface area (Å²) in [6.45, 7) is 7.13. The summed E-state index contributed by atoms with van der Waals surface area (Å²) >= 11 is 1.18. The van der Waals surface area contributed by atoms with Crippen molar-refractivity contribution in [3.8, 4) is 11.4 Å². The molecule has 218 valence electrons. The maximum Gasteiger partial charge on any atom is 0.253 e. The number of nitrogens with one attached hydrogen (secondary N) is 1. The van der Waals surface area contributed by atoms with Crippen LogP contribution in [0.1, 0.15) is 46.0 Å². The van der Waals surface area contributed by atoms with Gasteiger partial charge in [-0.2, -0.15) is 4.31 Å². The summed E-state index contributed by atoms with van der Waals surface area (Å²) in [6.07, 6.45) is 9.29. The van der Waals surface area contributed by atoms with E-state index in [1.54, 1.807) is 29.9 Å². The van der Waals surface area contributed by atoms with Gasteiger partial charge in [-0.25, -0.2) is 13.4 Å². The van der Waals surface area contributed by atoms with E-state index in [-0.39, 0.29) is 16.7 Å². The van der Waals surface area contributed by atoms with Gasteiger partial charge in [0.05, 0.1) is 11.0 Å². The number of benzene rings is 1. The number of rotatable bonds is 12. The zero-order valence-corrected chi connectivity index (χ0v) is 25.3. The van der Waals surface area contributed by atoms with Gasteiger partial charge in [0.15, 0.2) is 0 Å². The average Bonchev–Trinajstić information content (AvgIpc) is 3.66. The summed E-state index contributed by atoms with van der Waals surface area (Å²) in [5, 5.41) is 4.76. The third-order valence-corrected chi connectivity index (χ3v) is 10.9. The monoisotopic (exact) mass is 594 g/mol. The maximum atomic E-state index is 13.8. The van der Waals surface area contributed by atoms with Gasteiger partial charge in [-0.3, -0.25) is 14.7 Å². The van der Waals surface area contributed by atoms with Crippen molar-refractivity contribution in [2.75, 3.05) is 31.5 Å². The Balaban J connectivity index is 1.38. The molecule has 11 heteroatoms. The van der Waals surface area contributed by atoms with E-state index in [2.05, 4.69) is 33.6 Å². The molecule has 0 radical (unpaired) electrons. The number of unbranched alkanes of at least 4 members (excludes halogenated alkanes) is 4. The molecule has 1 aliphatic rings. The van der Waals surface area contributed by atoms with Crippen LogP contribution in [0.2, 0.25) is 0 Å². The Labute approximate surface area is 246 Å². The van der Waals surface area contributed by atoms with Crippen LogP contribution in [0.5, 0.6) is 0 Å². The Bertz CT molecular complexity index is 1550. The van der Waals surface area contributed by atoms with Gasteiger partial charge in [0.2, 0.25) is 5.91 Å². The second-order valence-corrected chi connectivity index (χ2v) is 13.5. The van der Waals surface area contributed by atoms with Gasteiger partial charge in [0.25, 0.3) is 10.0 Å². The number of piperazine rings is 1. The predicted octanol–water partition coefficient (Wildman–Crippen LogP) is 5.46. The third kappa shape index (κ3) is 6.53. The Kier molecular flexibility index (Phi) is 9.49. The number of fused-ring (bicyclic) bond motifs is 1. The number of aromatic nitrogens is 3. The summed E-state index contributed by atoms with van der Waals surface area (Å²) in [7, 11) is -3.79. The topological polar surface area (TPSA) is 100 Å². The second-order valence-electron chi connectivity index (χ2n) is 10.4. The Hall–Kier alpha value is -3.12. The van der Waals surface area contributed by atoms with Crippen LogP contribution in [-0.2, 0) is 21.4 Å². The molecule has 1 unspecified atom stereocenters. The van der Waals surface area contributed by atoms with E-state index in [1.165, 1.54) is 34.9 Å². The molecule has 0 aliphatic carbocycles. The first-order valence-electron chi connectivity index (χ1n) is 14.4. The number of hydrogen-bond acceptors (Lipinski definition) is 7. The first kappa shape index (κ1) is 29.4. The van der Waals surface area contributed by atoms with Gasteiger partial charge in [0, 0.05) is 49.8 Å². The number of amides is 1. The molecule has 0 bridgehead atoms. The molecule has 4 heterocycles. The number of hydrogen-bond donors (Lipinski definition) is 1. The summed E-state index contributed by atoms with van der Waals surface area (Å²) < 4.78 is 30.9. The highest BCUT2D eigenvalue weighted by Crippen LogP contribution is 2.28. The quantitative estimate of drug-likeness (QED) is 0.219. The van der Waals surface area contributed by atoms with Gasteiger partial charge in [-0.1, -0.05) is 38.7 Å². The third-order valence-electron chi connectivity index (χ3n) is 7.62. The van der Waals surface area contributed by atoms with E-state index in [4.69, 9.17) is 4.98 Å². The minimum absolute atomic E-state index is 0.262. The predicted molar refractivity (Wildman–Crippen MR) is 164 cm³/mol. The lowest BCUT2D eigenvalue weighted by Crippen LogP contribution is -2.59. The standard InChI is InChI=1S/C30H38N6O3S2/c1-3-5-6-7-8-17-34-18-19-36(41(38,39)28-10-9-20-40-28)27(22-34)30(37)32-24-11-12-26-25(21-24)33-29(35(26)4-2)23-13-15-31-16-14-23/h9-16,20-21,27H,3-8,17-19,22H2,1-2H3,(H,32,37). The van der Waals surface area contributed by atoms with Crippen molar-refractivity contribution < 1.29 is 13.2 Å². The number of carbonyl (C=O) groups excluding carboxylic acids is 1. The number of nitrogens with zero attached hydrogens (tertiary/aromatic N) is 5. The average molecular weight is 595 g/mol. The minimum Gasteiger partial charge on any atom is -0.325 e. The second kappa shape index (κ2) is 13.2. The number of aryl methyl sites for hydroxylation is 1. The molecule has 9 nitrogen and oxygen atoms in total. The van der Waals surface area contributed by atoms with E-state index in [1.807, 2.05) is 30.3 Å². The van der Waals surface area contributed by atoms with Gasteiger partial charge in [0.1, 0.15) is 16.1 Å². The van der Waals surface area contributed by atoms with Crippen LogP contribution in [0, 0.1) is 0 Å². The molecule has 0 saturated carbocycles. The fourth-order valence-corrected chi connectivity index (χ4v) is 8.16. The van der Waals surface area contributed by atoms with E-state index in [0.717, 1.165) is 48.4 Å². The normalized spacial score (nSPS) is 16.8. The van der Waals surface area contributed by atoms with Crippen LogP contribution >= 0.6 is 11.3 Å². The summed E-state index contributed by atoms with van der Waals surface area (Å²) in [5.74, 6) is 0.507. The van der Waals surface area contributed by atoms with Gasteiger partial charge in [-0.05, 0) is 61.7 Å². The van der Waals surface area contributed by atoms with Crippen LogP contribution in [-0.4, -0.2) is 70.3 Å². The van der Waals surface area contributed by atoms with Crippen molar-refractivity contribution in [2.45, 2.75) is 62.7 Å². The lowest BCUT2D eigenvalue weighted by molar-refractivity contribution is -0.121. The fourth-order valence-electron chi connectivity index (χ4n) is 5.47. The van der Waals surface area contributed by atoms with Gasteiger partial charge < -0.3 is 9.88 Å². The maximum absolute atomic E-state index is 13.8. The lowest BCUT2D eigenvalue weighted by Gasteiger charge is -2.39. The molecule has 1 atom stereocenters. The van der Waals surface area contributed by atoms with Gasteiger partial charge in [-0.15, -0.1) is 11.3 Å². The van der Waals surface area contributed by atoms with Crippen LogP contribution in [0.15, 0.2) is 64.4 Å². The number of anilines is 1. The highest BCUT2D eigenvalue weighted by molar-refractivity contribution is 7.91. The number of imidazole rings is 1. The van der Waals surface area contributed by atoms with Crippen LogP contribution in [0.3, 0.4) is 0 Å². The zero-order chi connectivity index (χ0) is 28.8. The Morgan fingerprint density at radius 1 is 1.05 bits per heavy atom. The number of thiophene rings is 1. The van der Waals surface area contributed by atoms with Crippen LogP contribution in [0.4, 0.5) is 5.69 Å². The van der Waals surface area contributed by atoms with E-state index >= 15 is 0 Å². The molecule has 1 fully saturated rings. The first-order valence-corrected chi connectivity index (χ1v) is 16.7. The van der Waals surface area contributed by atoms with E-state index in [0.29, 0.717) is 18.8 Å². The molecule has 41 heavy (non-hydrogen) atoms. The Morgan fingerprint density at radius 3 is 2.59 bits per heavy atom. The number of pyridine rings is 1. The zero-order valence-electron chi connectivity index (χ0n) is 23.7. The molecule has 1 N–H and O–H groups in total. The lowest BCUT2D eigenvalue weighted by atomic mass is 10.1. The van der Waals surface area contributed by atoms with E-state index < -0.39 is 16.1 Å². The molecule has 5 rings (SSSR count). The summed E-state index contributed by atoms with van der Waals surface area (Å²) in [4.78, 5) is 25.0. The molecule has 1 amide bonds. The smallest absolute Gasteiger partial charge is 0.253 e. The van der Waals surface area contributed by atoms with Crippen molar-refractivity contribution in [1.82, 2.24) is 23.7 Å². The molecule has 3 aromatic heterocycles. The molecule has 1 aromatic carbocycles.